The van der Waals surface area contributed by atoms with Gasteiger partial charge in [0, 0.05) is 28.1 Å². The summed E-state index contributed by atoms with van der Waals surface area (Å²) in [4.78, 5) is 15.5. The molecule has 1 unspecified atom stereocenters. The number of hydrogen-bond donors (Lipinski definition) is 1. The van der Waals surface area contributed by atoms with Crippen molar-refractivity contribution in [3.05, 3.63) is 52.0 Å². The van der Waals surface area contributed by atoms with E-state index in [0.29, 0.717) is 10.0 Å². The number of likely N-dealkylation sites (N-methyl/N-ethyl adjacent to an activating group) is 1. The van der Waals surface area contributed by atoms with Crippen molar-refractivity contribution in [2.75, 3.05) is 11.9 Å². The quantitative estimate of drug-likeness (QED) is 0.895. The highest BCUT2D eigenvalue weighted by Crippen LogP contribution is 2.39. The van der Waals surface area contributed by atoms with Crippen LogP contribution in [-0.2, 0) is 4.79 Å². The van der Waals surface area contributed by atoms with Gasteiger partial charge in [-0.05, 0) is 30.3 Å². The van der Waals surface area contributed by atoms with Crippen LogP contribution in [0.4, 0.5) is 5.69 Å². The molecule has 3 rings (SSSR count). The number of halogens is 2. The fraction of sp³-hybridized carbons (Fsp3) is 0.133. The third-order valence-corrected chi connectivity index (χ3v) is 5.14. The smallest absolute Gasteiger partial charge is 0.248 e. The Balaban J connectivity index is 1.91. The van der Waals surface area contributed by atoms with Gasteiger partial charge in [-0.1, -0.05) is 41.0 Å². The summed E-state index contributed by atoms with van der Waals surface area (Å²) in [5.74, 6) is -0.0818. The summed E-state index contributed by atoms with van der Waals surface area (Å²) in [5.41, 5.74) is 7.61. The first-order valence-electron chi connectivity index (χ1n) is 6.27. The van der Waals surface area contributed by atoms with Crippen LogP contribution >= 0.6 is 35.0 Å². The highest BCUT2D eigenvalue weighted by molar-refractivity contribution is 7.99. The second-order valence-electron chi connectivity index (χ2n) is 4.77. The number of nitrogens with two attached hydrogens (primary N) is 1. The van der Waals surface area contributed by atoms with E-state index in [1.165, 1.54) is 0 Å². The van der Waals surface area contributed by atoms with E-state index in [1.807, 2.05) is 30.3 Å². The summed E-state index contributed by atoms with van der Waals surface area (Å²) in [6, 6.07) is 10.8. The topological polar surface area (TPSA) is 46.3 Å². The van der Waals surface area contributed by atoms with E-state index in [4.69, 9.17) is 28.9 Å². The zero-order valence-electron chi connectivity index (χ0n) is 11.1. The molecule has 0 aliphatic carbocycles. The minimum absolute atomic E-state index is 0.0818. The third kappa shape index (κ3) is 2.64. The number of hydrogen-bond acceptors (Lipinski definition) is 3. The molecule has 2 aromatic carbocycles. The Morgan fingerprint density at radius 3 is 2.48 bits per heavy atom. The summed E-state index contributed by atoms with van der Waals surface area (Å²) in [7, 11) is 1.74. The average molecular weight is 339 g/mol. The van der Waals surface area contributed by atoms with Crippen LogP contribution < -0.4 is 10.6 Å². The van der Waals surface area contributed by atoms with Gasteiger partial charge < -0.3 is 10.6 Å². The second kappa shape index (κ2) is 5.54. The molecule has 2 N–H and O–H groups in total. The fourth-order valence-corrected chi connectivity index (χ4v) is 3.53. The number of nitrogens with zero attached hydrogens (tertiary/aromatic N) is 1. The molecule has 1 amide bonds. The molecule has 0 saturated heterocycles. The van der Waals surface area contributed by atoms with E-state index in [-0.39, 0.29) is 5.91 Å². The van der Waals surface area contributed by atoms with Gasteiger partial charge in [0.15, 0.2) is 0 Å². The number of benzene rings is 2. The molecule has 0 fully saturated rings. The predicted molar refractivity (Wildman–Crippen MR) is 87.4 cm³/mol. The number of carbonyl (C=O) groups is 1. The minimum atomic E-state index is -0.561. The Morgan fingerprint density at radius 1 is 1.10 bits per heavy atom. The Morgan fingerprint density at radius 2 is 1.76 bits per heavy atom. The van der Waals surface area contributed by atoms with Crippen LogP contribution in [0.15, 0.2) is 46.2 Å². The van der Waals surface area contributed by atoms with Crippen molar-refractivity contribution in [1.82, 2.24) is 0 Å². The number of amides is 1. The molecule has 1 atom stereocenters. The molecule has 1 aliphatic heterocycles. The average Bonchev–Trinajstić information content (AvgIpc) is 2.68. The molecule has 1 aliphatic rings. The normalized spacial score (nSPS) is 17.2. The van der Waals surface area contributed by atoms with E-state index in [1.54, 1.807) is 29.8 Å². The van der Waals surface area contributed by atoms with Gasteiger partial charge in [-0.15, -0.1) is 0 Å². The Bertz CT molecular complexity index is 736. The van der Waals surface area contributed by atoms with Crippen molar-refractivity contribution < 1.29 is 4.79 Å². The van der Waals surface area contributed by atoms with Crippen LogP contribution in [0.2, 0.25) is 10.0 Å². The van der Waals surface area contributed by atoms with Gasteiger partial charge in [-0.2, -0.15) is 0 Å². The van der Waals surface area contributed by atoms with Crippen molar-refractivity contribution in [3.63, 3.8) is 0 Å². The highest BCUT2D eigenvalue weighted by Gasteiger charge is 2.32. The lowest BCUT2D eigenvalue weighted by Gasteiger charge is -2.11. The number of carbonyl (C=O) groups excluding carboxylic acids is 1. The molecule has 3 nitrogen and oxygen atoms in total. The minimum Gasteiger partial charge on any atom is -0.316 e. The molecule has 0 aromatic heterocycles. The van der Waals surface area contributed by atoms with Crippen LogP contribution in [0.3, 0.4) is 0 Å². The SMILES string of the molecule is CN1C(=O)C(N)c2ccc(Sc3ccc(Cl)c(Cl)c3)cc21. The summed E-state index contributed by atoms with van der Waals surface area (Å²) in [5, 5.41) is 1.06. The summed E-state index contributed by atoms with van der Waals surface area (Å²) < 4.78 is 0. The maximum absolute atomic E-state index is 11.9. The van der Waals surface area contributed by atoms with E-state index in [0.717, 1.165) is 21.0 Å². The van der Waals surface area contributed by atoms with Crippen molar-refractivity contribution in [3.8, 4) is 0 Å². The largest absolute Gasteiger partial charge is 0.316 e. The van der Waals surface area contributed by atoms with Crippen LogP contribution in [0.25, 0.3) is 0 Å². The van der Waals surface area contributed by atoms with Crippen LogP contribution in [-0.4, -0.2) is 13.0 Å². The fourth-order valence-electron chi connectivity index (χ4n) is 2.28. The van der Waals surface area contributed by atoms with Crippen molar-refractivity contribution >= 4 is 46.6 Å². The Kier molecular flexibility index (Phi) is 3.88. The maximum Gasteiger partial charge on any atom is 0.248 e. The van der Waals surface area contributed by atoms with Gasteiger partial charge in [-0.25, -0.2) is 0 Å². The first-order valence-corrected chi connectivity index (χ1v) is 7.84. The molecule has 0 bridgehead atoms. The molecule has 6 heteroatoms. The van der Waals surface area contributed by atoms with Gasteiger partial charge in [0.25, 0.3) is 0 Å². The highest BCUT2D eigenvalue weighted by atomic mass is 35.5. The molecule has 0 saturated carbocycles. The molecule has 0 radical (unpaired) electrons. The molecule has 108 valence electrons. The van der Waals surface area contributed by atoms with E-state index in [2.05, 4.69) is 0 Å². The second-order valence-corrected chi connectivity index (χ2v) is 6.73. The summed E-state index contributed by atoms with van der Waals surface area (Å²) in [6.45, 7) is 0. The monoisotopic (exact) mass is 338 g/mol. The lowest BCUT2D eigenvalue weighted by Crippen LogP contribution is -2.27. The zero-order chi connectivity index (χ0) is 15.1. The zero-order valence-corrected chi connectivity index (χ0v) is 13.5. The van der Waals surface area contributed by atoms with Crippen LogP contribution in [0, 0.1) is 0 Å². The van der Waals surface area contributed by atoms with Gasteiger partial charge in [0.2, 0.25) is 5.91 Å². The molecular weight excluding hydrogens is 327 g/mol. The Hall–Kier alpha value is -1.20. The summed E-state index contributed by atoms with van der Waals surface area (Å²) >= 11 is 13.5. The predicted octanol–water partition coefficient (Wildman–Crippen LogP) is 4.12. The van der Waals surface area contributed by atoms with E-state index >= 15 is 0 Å². The number of fused-ring (bicyclic) bond motifs is 1. The van der Waals surface area contributed by atoms with Gasteiger partial charge in [-0.3, -0.25) is 4.79 Å². The number of rotatable bonds is 2. The molecule has 2 aromatic rings. The first-order chi connectivity index (χ1) is 9.97. The van der Waals surface area contributed by atoms with Gasteiger partial charge in [0.05, 0.1) is 10.0 Å². The number of anilines is 1. The molecule has 21 heavy (non-hydrogen) atoms. The van der Waals surface area contributed by atoms with Crippen molar-refractivity contribution in [1.29, 1.82) is 0 Å². The van der Waals surface area contributed by atoms with E-state index < -0.39 is 6.04 Å². The van der Waals surface area contributed by atoms with Gasteiger partial charge in [0.1, 0.15) is 6.04 Å². The third-order valence-electron chi connectivity index (χ3n) is 3.42. The standard InChI is InChI=1S/C15H12Cl2N2OS/c1-19-13-7-9(2-4-10(13)14(18)15(19)20)21-8-3-5-11(16)12(17)6-8/h2-7,14H,18H2,1H3. The molecule has 0 spiro atoms. The Labute approximate surface area is 137 Å². The van der Waals surface area contributed by atoms with Crippen LogP contribution in [0.5, 0.6) is 0 Å². The van der Waals surface area contributed by atoms with Crippen molar-refractivity contribution in [2.24, 2.45) is 5.73 Å². The lowest BCUT2D eigenvalue weighted by molar-refractivity contribution is -0.118. The van der Waals surface area contributed by atoms with Gasteiger partial charge >= 0.3 is 0 Å². The first kappa shape index (κ1) is 14.7. The molecular formula is C15H12Cl2N2OS. The van der Waals surface area contributed by atoms with Crippen LogP contribution in [0.1, 0.15) is 11.6 Å². The van der Waals surface area contributed by atoms with Crippen molar-refractivity contribution in [2.45, 2.75) is 15.8 Å². The maximum atomic E-state index is 11.9. The summed E-state index contributed by atoms with van der Waals surface area (Å²) in [6.07, 6.45) is 0. The van der Waals surface area contributed by atoms with E-state index in [9.17, 15) is 4.79 Å². The lowest BCUT2D eigenvalue weighted by atomic mass is 10.1. The molecule has 1 heterocycles.